The smallest absolute Gasteiger partial charge is 0.338 e. The largest absolute Gasteiger partial charge is 0.478 e. The summed E-state index contributed by atoms with van der Waals surface area (Å²) in [6, 6.07) is 58.5. The molecule has 2 amide bonds. The first kappa shape index (κ1) is 48.7. The molecule has 71 heavy (non-hydrogen) atoms. The minimum absolute atomic E-state index is 0.198. The van der Waals surface area contributed by atoms with Crippen LogP contribution in [0.3, 0.4) is 0 Å². The number of fused-ring (bicyclic) bond motifs is 2. The van der Waals surface area contributed by atoms with Crippen molar-refractivity contribution in [1.82, 2.24) is 9.97 Å². The number of carboxylic acid groups (broad SMARTS) is 1. The number of carbonyl (C=O) groups is 4. The molecule has 0 radical (unpaired) electrons. The zero-order valence-electron chi connectivity index (χ0n) is 40.5. The molecule has 0 aliphatic carbocycles. The van der Waals surface area contributed by atoms with Crippen molar-refractivity contribution in [2.24, 2.45) is 0 Å². The molecule has 0 unspecified atom stereocenters. The van der Waals surface area contributed by atoms with E-state index in [9.17, 15) is 19.2 Å². The number of carbonyl (C=O) groups excluding carboxylic acids is 3. The number of rotatable bonds is 10. The number of nitrogens with zero attached hydrogens (tertiary/aromatic N) is 2. The molecule has 0 bridgehead atoms. The van der Waals surface area contributed by atoms with Gasteiger partial charge in [-0.25, -0.2) is 19.6 Å². The molecule has 2 heterocycles. The fourth-order valence-electron chi connectivity index (χ4n) is 8.22. The highest BCUT2D eigenvalue weighted by Crippen LogP contribution is 2.33. The minimum atomic E-state index is -0.989. The zero-order chi connectivity index (χ0) is 50.3. The highest BCUT2D eigenvalue weighted by atomic mass is 16.5. The average Bonchev–Trinajstić information content (AvgIpc) is 3.37. The van der Waals surface area contributed by atoms with Crippen molar-refractivity contribution in [3.8, 4) is 22.3 Å². The molecule has 0 saturated heterocycles. The van der Waals surface area contributed by atoms with E-state index in [1.165, 1.54) is 6.07 Å². The third kappa shape index (κ3) is 11.9. The topological polar surface area (TPSA) is 148 Å². The Morgan fingerprint density at radius 2 is 0.887 bits per heavy atom. The van der Waals surface area contributed by atoms with Crippen LogP contribution in [0, 0.1) is 0 Å². The maximum absolute atomic E-state index is 13.5. The van der Waals surface area contributed by atoms with Crippen LogP contribution in [0.15, 0.2) is 188 Å². The molecule has 354 valence electrons. The molecule has 0 saturated carbocycles. The van der Waals surface area contributed by atoms with Gasteiger partial charge in [0.15, 0.2) is 0 Å². The van der Waals surface area contributed by atoms with Crippen molar-refractivity contribution in [3.63, 3.8) is 0 Å². The number of hydrogen-bond donors (Lipinski definition) is 3. The van der Waals surface area contributed by atoms with Crippen LogP contribution in [0.25, 0.3) is 44.1 Å². The van der Waals surface area contributed by atoms with Crippen LogP contribution >= 0.6 is 0 Å². The van der Waals surface area contributed by atoms with E-state index in [2.05, 4.69) is 68.2 Å². The Morgan fingerprint density at radius 3 is 1.32 bits per heavy atom. The molecular formula is C61H54N4O6. The lowest BCUT2D eigenvalue weighted by Gasteiger charge is -2.23. The Labute approximate surface area is 413 Å². The first-order chi connectivity index (χ1) is 34.0. The first-order valence-electron chi connectivity index (χ1n) is 23.3. The SMILES string of the molecule is CC(C)(C)c1ccc(-c2ccccc2)cc1C(=O)Nc1ccc2cc(C(=O)O)ccc2n1.CC(C)(C)c1ccc(-c2ccccc2)cc1C(=O)Nc1ccc2cc(C(=O)OCc3ccccc3)ccc2n1. The second-order valence-corrected chi connectivity index (χ2v) is 19.2. The summed E-state index contributed by atoms with van der Waals surface area (Å²) in [7, 11) is 0. The molecular weight excluding hydrogens is 885 g/mol. The zero-order valence-corrected chi connectivity index (χ0v) is 40.5. The normalized spacial score (nSPS) is 11.3. The third-order valence-corrected chi connectivity index (χ3v) is 11.9. The second-order valence-electron chi connectivity index (χ2n) is 19.2. The Morgan fingerprint density at radius 1 is 0.465 bits per heavy atom. The average molecular weight is 939 g/mol. The number of carboxylic acids is 1. The van der Waals surface area contributed by atoms with E-state index in [4.69, 9.17) is 9.84 Å². The summed E-state index contributed by atoms with van der Waals surface area (Å²) in [5.74, 6) is -0.983. The van der Waals surface area contributed by atoms with Crippen LogP contribution in [0.4, 0.5) is 11.6 Å². The molecule has 10 nitrogen and oxygen atoms in total. The number of amides is 2. The summed E-state index contributed by atoms with van der Waals surface area (Å²) in [6.45, 7) is 12.7. The fourth-order valence-corrected chi connectivity index (χ4v) is 8.22. The number of aromatic nitrogens is 2. The standard InChI is InChI=1S/C34H30N2O3.C27H24N2O3/c1-34(2,3)29-17-14-25(24-12-8-5-9-13-24)21-28(29)32(37)36-31-19-16-26-20-27(15-18-30(26)35-31)33(38)39-22-23-10-6-4-7-11-23;1-27(2,3)22-12-9-18(17-7-5-4-6-8-17)16-21(22)25(30)29-24-14-11-19-15-20(26(31)32)10-13-23(19)28-24/h4-21H,22H2,1-3H3,(H,35,36,37);4-16H,1-3H3,(H,31,32)(H,28,29,30). The summed E-state index contributed by atoms with van der Waals surface area (Å²) in [5.41, 5.74) is 9.58. The first-order valence-corrected chi connectivity index (χ1v) is 23.3. The lowest BCUT2D eigenvalue weighted by molar-refractivity contribution is 0.0472. The number of benzene rings is 7. The molecule has 0 aliphatic heterocycles. The number of pyridine rings is 2. The quantitative estimate of drug-likeness (QED) is 0.115. The van der Waals surface area contributed by atoms with Crippen molar-refractivity contribution < 1.29 is 29.0 Å². The minimum Gasteiger partial charge on any atom is -0.478 e. The molecule has 0 fully saturated rings. The maximum atomic E-state index is 13.5. The van der Waals surface area contributed by atoms with Crippen LogP contribution < -0.4 is 10.6 Å². The van der Waals surface area contributed by atoms with E-state index in [1.54, 1.807) is 48.5 Å². The van der Waals surface area contributed by atoms with E-state index in [0.717, 1.165) is 44.3 Å². The Hall–Kier alpha value is -8.76. The van der Waals surface area contributed by atoms with Gasteiger partial charge in [0.2, 0.25) is 0 Å². The van der Waals surface area contributed by atoms with Gasteiger partial charge < -0.3 is 20.5 Å². The van der Waals surface area contributed by atoms with Gasteiger partial charge in [-0.3, -0.25) is 9.59 Å². The summed E-state index contributed by atoms with van der Waals surface area (Å²) >= 11 is 0. The van der Waals surface area contributed by atoms with Gasteiger partial charge in [-0.2, -0.15) is 0 Å². The predicted molar refractivity (Wildman–Crippen MR) is 283 cm³/mol. The van der Waals surface area contributed by atoms with Gasteiger partial charge in [0.25, 0.3) is 11.8 Å². The van der Waals surface area contributed by atoms with Crippen LogP contribution in [0.5, 0.6) is 0 Å². The van der Waals surface area contributed by atoms with Crippen LogP contribution in [0.1, 0.15) is 99.7 Å². The van der Waals surface area contributed by atoms with Crippen molar-refractivity contribution in [2.75, 3.05) is 10.6 Å². The maximum Gasteiger partial charge on any atom is 0.338 e. The Bertz CT molecular complexity index is 3420. The van der Waals surface area contributed by atoms with Gasteiger partial charge >= 0.3 is 11.9 Å². The molecule has 0 aliphatic rings. The lowest BCUT2D eigenvalue weighted by Crippen LogP contribution is -2.21. The fraction of sp³-hybridized carbons (Fsp3) is 0.148. The molecule has 2 aromatic heterocycles. The number of ether oxygens (including phenoxy) is 1. The van der Waals surface area contributed by atoms with E-state index in [-0.39, 0.29) is 34.8 Å². The van der Waals surface area contributed by atoms with Gasteiger partial charge in [-0.05, 0) is 123 Å². The molecule has 0 atom stereocenters. The lowest BCUT2D eigenvalue weighted by atomic mass is 9.82. The second kappa shape index (κ2) is 20.9. The summed E-state index contributed by atoms with van der Waals surface area (Å²) in [6.07, 6.45) is 0. The monoisotopic (exact) mass is 938 g/mol. The summed E-state index contributed by atoms with van der Waals surface area (Å²) in [5, 5.41) is 16.5. The van der Waals surface area contributed by atoms with E-state index in [0.29, 0.717) is 44.7 Å². The van der Waals surface area contributed by atoms with Gasteiger partial charge in [0, 0.05) is 21.9 Å². The van der Waals surface area contributed by atoms with Crippen molar-refractivity contribution in [3.05, 3.63) is 227 Å². The van der Waals surface area contributed by atoms with Crippen molar-refractivity contribution in [2.45, 2.75) is 59.0 Å². The number of hydrogen-bond acceptors (Lipinski definition) is 7. The number of anilines is 2. The summed E-state index contributed by atoms with van der Waals surface area (Å²) < 4.78 is 5.45. The molecule has 9 rings (SSSR count). The predicted octanol–water partition coefficient (Wildman–Crippen LogP) is 14.0. The van der Waals surface area contributed by atoms with Gasteiger partial charge in [-0.15, -0.1) is 0 Å². The van der Waals surface area contributed by atoms with E-state index >= 15 is 0 Å². The van der Waals surface area contributed by atoms with Crippen molar-refractivity contribution >= 4 is 57.2 Å². The van der Waals surface area contributed by atoms with Crippen LogP contribution in [-0.4, -0.2) is 38.8 Å². The molecule has 10 heteroatoms. The highest BCUT2D eigenvalue weighted by molar-refractivity contribution is 6.07. The summed E-state index contributed by atoms with van der Waals surface area (Å²) in [4.78, 5) is 59.7. The molecule has 7 aromatic carbocycles. The van der Waals surface area contributed by atoms with Gasteiger partial charge in [0.1, 0.15) is 18.2 Å². The third-order valence-electron chi connectivity index (χ3n) is 11.9. The van der Waals surface area contributed by atoms with E-state index in [1.807, 2.05) is 127 Å². The van der Waals surface area contributed by atoms with Crippen molar-refractivity contribution in [1.29, 1.82) is 0 Å². The highest BCUT2D eigenvalue weighted by Gasteiger charge is 2.25. The number of nitrogens with one attached hydrogen (secondary N) is 2. The van der Waals surface area contributed by atoms with Gasteiger partial charge in [-0.1, -0.05) is 157 Å². The number of esters is 1. The van der Waals surface area contributed by atoms with Gasteiger partial charge in [0.05, 0.1) is 22.2 Å². The number of aromatic carboxylic acids is 1. The Balaban J connectivity index is 0.000000194. The molecule has 0 spiro atoms. The van der Waals surface area contributed by atoms with Crippen LogP contribution in [-0.2, 0) is 22.2 Å². The Kier molecular flexibility index (Phi) is 14.3. The molecule has 3 N–H and O–H groups in total. The molecule has 9 aromatic rings. The van der Waals surface area contributed by atoms with E-state index < -0.39 is 11.9 Å². The van der Waals surface area contributed by atoms with Crippen LogP contribution in [0.2, 0.25) is 0 Å².